The molecule has 3 N–H and O–H groups in total. The minimum Gasteiger partial charge on any atom is -0.454 e. The number of halogens is 1. The SMILES string of the molecule is Cl.N=c1ccn2c(n1)O[C@H]1[C@@H](O)[C@@H](CO)O[C@H]12. The molecule has 0 bridgehead atoms. The van der Waals surface area contributed by atoms with Crippen LogP contribution in [0.4, 0.5) is 0 Å². The second kappa shape index (κ2) is 4.26. The molecule has 8 heteroatoms. The summed E-state index contributed by atoms with van der Waals surface area (Å²) in [4.78, 5) is 3.88. The lowest BCUT2D eigenvalue weighted by molar-refractivity contribution is -0.0434. The van der Waals surface area contributed by atoms with Gasteiger partial charge in [0.1, 0.15) is 12.2 Å². The molecule has 7 nitrogen and oxygen atoms in total. The maximum absolute atomic E-state index is 9.80. The van der Waals surface area contributed by atoms with Gasteiger partial charge in [0.2, 0.25) is 0 Å². The number of aliphatic hydroxyl groups excluding tert-OH is 2. The molecule has 0 aromatic carbocycles. The Morgan fingerprint density at radius 3 is 3.00 bits per heavy atom. The summed E-state index contributed by atoms with van der Waals surface area (Å²) in [6, 6.07) is 1.77. The first-order valence-electron chi connectivity index (χ1n) is 4.95. The zero-order chi connectivity index (χ0) is 11.3. The molecule has 3 heterocycles. The van der Waals surface area contributed by atoms with E-state index in [0.717, 1.165) is 0 Å². The first-order valence-corrected chi connectivity index (χ1v) is 4.95. The van der Waals surface area contributed by atoms with E-state index >= 15 is 0 Å². The number of nitrogens with one attached hydrogen (secondary N) is 1. The van der Waals surface area contributed by atoms with Crippen LogP contribution in [0.3, 0.4) is 0 Å². The summed E-state index contributed by atoms with van der Waals surface area (Å²) in [6.07, 6.45) is -0.930. The van der Waals surface area contributed by atoms with Crippen molar-refractivity contribution in [2.45, 2.75) is 24.5 Å². The molecule has 1 fully saturated rings. The van der Waals surface area contributed by atoms with E-state index in [1.807, 2.05) is 0 Å². The van der Waals surface area contributed by atoms with Crippen molar-refractivity contribution < 1.29 is 19.7 Å². The molecule has 0 spiro atoms. The Labute approximate surface area is 103 Å². The van der Waals surface area contributed by atoms with Crippen LogP contribution >= 0.6 is 12.4 Å². The lowest BCUT2D eigenvalue weighted by atomic mass is 10.1. The monoisotopic (exact) mass is 261 g/mol. The Balaban J connectivity index is 0.00000108. The minimum atomic E-state index is -0.883. The molecule has 0 amide bonds. The Hall–Kier alpha value is -1.15. The molecule has 0 saturated carbocycles. The van der Waals surface area contributed by atoms with E-state index in [1.54, 1.807) is 10.8 Å². The number of hydrogen-bond donors (Lipinski definition) is 3. The van der Waals surface area contributed by atoms with Gasteiger partial charge in [-0.3, -0.25) is 9.98 Å². The van der Waals surface area contributed by atoms with Crippen LogP contribution < -0.4 is 10.2 Å². The minimum absolute atomic E-state index is 0. The predicted molar refractivity (Wildman–Crippen MR) is 56.7 cm³/mol. The van der Waals surface area contributed by atoms with Crippen molar-refractivity contribution in [3.8, 4) is 6.01 Å². The van der Waals surface area contributed by atoms with E-state index in [1.165, 1.54) is 6.07 Å². The average molecular weight is 262 g/mol. The van der Waals surface area contributed by atoms with Crippen molar-refractivity contribution in [3.63, 3.8) is 0 Å². The first kappa shape index (κ1) is 12.3. The number of fused-ring (bicyclic) bond motifs is 3. The van der Waals surface area contributed by atoms with Gasteiger partial charge >= 0.3 is 6.01 Å². The molecule has 4 atom stereocenters. The average Bonchev–Trinajstić information content (AvgIpc) is 2.75. The van der Waals surface area contributed by atoms with Gasteiger partial charge in [0.15, 0.2) is 17.8 Å². The lowest BCUT2D eigenvalue weighted by Crippen LogP contribution is -2.34. The Bertz CT molecular complexity index is 480. The normalized spacial score (nSPS) is 33.5. The summed E-state index contributed by atoms with van der Waals surface area (Å²) in [5, 5.41) is 26.1. The van der Waals surface area contributed by atoms with Crippen molar-refractivity contribution >= 4 is 12.4 Å². The number of rotatable bonds is 1. The van der Waals surface area contributed by atoms with Gasteiger partial charge in [0.25, 0.3) is 0 Å². The molecule has 3 rings (SSSR count). The second-order valence-corrected chi connectivity index (χ2v) is 3.82. The van der Waals surface area contributed by atoms with Crippen LogP contribution in [0.1, 0.15) is 6.23 Å². The number of hydrogen-bond acceptors (Lipinski definition) is 6. The maximum Gasteiger partial charge on any atom is 0.301 e. The molecule has 1 aromatic heterocycles. The van der Waals surface area contributed by atoms with Crippen LogP contribution in [-0.2, 0) is 4.74 Å². The second-order valence-electron chi connectivity index (χ2n) is 3.82. The number of aromatic nitrogens is 2. The van der Waals surface area contributed by atoms with Crippen LogP contribution in [0.2, 0.25) is 0 Å². The largest absolute Gasteiger partial charge is 0.454 e. The van der Waals surface area contributed by atoms with E-state index in [9.17, 15) is 5.11 Å². The molecule has 1 saturated heterocycles. The Morgan fingerprint density at radius 1 is 1.53 bits per heavy atom. The number of nitrogens with zero attached hydrogens (tertiary/aromatic N) is 2. The van der Waals surface area contributed by atoms with Crippen molar-refractivity contribution in [3.05, 3.63) is 17.8 Å². The molecule has 0 aliphatic carbocycles. The van der Waals surface area contributed by atoms with Gasteiger partial charge in [-0.25, -0.2) is 0 Å². The third-order valence-electron chi connectivity index (χ3n) is 2.84. The Morgan fingerprint density at radius 2 is 2.29 bits per heavy atom. The van der Waals surface area contributed by atoms with E-state index < -0.39 is 24.5 Å². The standard InChI is InChI=1S/C9H11N3O4.ClH/c10-5-1-2-12-8-7(16-9(12)11-5)6(14)4(3-13)15-8;/h1-2,4,6-8,10,13-14H,3H2;1H/t4-,6+,7+,8-;/m1./s1. The smallest absolute Gasteiger partial charge is 0.301 e. The zero-order valence-electron chi connectivity index (χ0n) is 8.68. The van der Waals surface area contributed by atoms with Gasteiger partial charge in [-0.1, -0.05) is 0 Å². The summed E-state index contributed by atoms with van der Waals surface area (Å²) in [7, 11) is 0. The molecule has 1 aromatic rings. The quantitative estimate of drug-likeness (QED) is 0.589. The molecule has 94 valence electrons. The highest BCUT2D eigenvalue weighted by Crippen LogP contribution is 2.38. The summed E-state index contributed by atoms with van der Waals surface area (Å²) < 4.78 is 12.5. The predicted octanol–water partition coefficient (Wildman–Crippen LogP) is -1.20. The third-order valence-corrected chi connectivity index (χ3v) is 2.84. The van der Waals surface area contributed by atoms with Gasteiger partial charge in [-0.05, 0) is 6.07 Å². The van der Waals surface area contributed by atoms with E-state index in [2.05, 4.69) is 4.98 Å². The summed E-state index contributed by atoms with van der Waals surface area (Å²) in [5.74, 6) is 0. The van der Waals surface area contributed by atoms with Crippen LogP contribution in [0.5, 0.6) is 6.01 Å². The van der Waals surface area contributed by atoms with Crippen molar-refractivity contribution in [2.75, 3.05) is 6.61 Å². The van der Waals surface area contributed by atoms with Crippen LogP contribution in [-0.4, -0.2) is 44.7 Å². The molecule has 2 aliphatic rings. The van der Waals surface area contributed by atoms with Crippen LogP contribution in [0.15, 0.2) is 12.3 Å². The maximum atomic E-state index is 9.80. The van der Waals surface area contributed by atoms with Crippen LogP contribution in [0.25, 0.3) is 0 Å². The van der Waals surface area contributed by atoms with Gasteiger partial charge in [0, 0.05) is 6.20 Å². The highest BCUT2D eigenvalue weighted by Gasteiger charge is 2.50. The van der Waals surface area contributed by atoms with Crippen molar-refractivity contribution in [1.29, 1.82) is 5.41 Å². The number of aliphatic hydroxyl groups is 2. The molecule has 2 aliphatic heterocycles. The van der Waals surface area contributed by atoms with E-state index in [4.69, 9.17) is 20.0 Å². The molecule has 17 heavy (non-hydrogen) atoms. The van der Waals surface area contributed by atoms with Gasteiger partial charge in [-0.2, -0.15) is 4.98 Å². The first-order chi connectivity index (χ1) is 7.70. The molecule has 0 radical (unpaired) electrons. The summed E-state index contributed by atoms with van der Waals surface area (Å²) >= 11 is 0. The molecule has 0 unspecified atom stereocenters. The van der Waals surface area contributed by atoms with Gasteiger partial charge < -0.3 is 19.7 Å². The van der Waals surface area contributed by atoms with E-state index in [-0.39, 0.29) is 30.5 Å². The fourth-order valence-corrected chi connectivity index (χ4v) is 2.04. The fourth-order valence-electron chi connectivity index (χ4n) is 2.04. The highest BCUT2D eigenvalue weighted by atomic mass is 35.5. The van der Waals surface area contributed by atoms with Crippen molar-refractivity contribution in [2.24, 2.45) is 0 Å². The lowest BCUT2D eigenvalue weighted by Gasteiger charge is -2.14. The third kappa shape index (κ3) is 1.71. The van der Waals surface area contributed by atoms with E-state index in [0.29, 0.717) is 0 Å². The fraction of sp³-hybridized carbons (Fsp3) is 0.556. The number of ether oxygens (including phenoxy) is 2. The van der Waals surface area contributed by atoms with Gasteiger partial charge in [-0.15, -0.1) is 12.4 Å². The van der Waals surface area contributed by atoms with Crippen molar-refractivity contribution in [1.82, 2.24) is 9.55 Å². The van der Waals surface area contributed by atoms with Crippen LogP contribution in [0, 0.1) is 5.41 Å². The zero-order valence-corrected chi connectivity index (χ0v) is 9.50. The summed E-state index contributed by atoms with van der Waals surface area (Å²) in [5.41, 5.74) is 0.0967. The molecular formula is C9H12ClN3O4. The topological polar surface area (TPSA) is 101 Å². The molecular weight excluding hydrogens is 250 g/mol. The van der Waals surface area contributed by atoms with Gasteiger partial charge in [0.05, 0.1) is 6.61 Å². The highest BCUT2D eigenvalue weighted by molar-refractivity contribution is 5.85. The Kier molecular flexibility index (Phi) is 3.09. The summed E-state index contributed by atoms with van der Waals surface area (Å²) in [6.45, 7) is -0.253.